The minimum atomic E-state index is -0.864. The predicted octanol–water partition coefficient (Wildman–Crippen LogP) is 1.43. The van der Waals surface area contributed by atoms with Gasteiger partial charge in [-0.1, -0.05) is 0 Å². The fraction of sp³-hybridized carbons (Fsp3) is 0. The van der Waals surface area contributed by atoms with Crippen molar-refractivity contribution in [2.75, 3.05) is 11.5 Å². The molecule has 16 heavy (non-hydrogen) atoms. The van der Waals surface area contributed by atoms with Gasteiger partial charge in [-0.15, -0.1) is 0 Å². The van der Waals surface area contributed by atoms with E-state index < -0.39 is 23.0 Å². The molecule has 0 radical (unpaired) electrons. The number of aliphatic hydroxyl groups is 4. The quantitative estimate of drug-likeness (QED) is 0.368. The van der Waals surface area contributed by atoms with Crippen LogP contribution in [0.5, 0.6) is 0 Å². The molecular formula is C10H10N2O4. The van der Waals surface area contributed by atoms with E-state index in [9.17, 15) is 20.4 Å². The molecule has 84 valence electrons. The zero-order valence-electron chi connectivity index (χ0n) is 8.10. The molecule has 0 saturated heterocycles. The molecule has 1 aromatic rings. The second-order valence-corrected chi connectivity index (χ2v) is 3.39. The van der Waals surface area contributed by atoms with Gasteiger partial charge in [0.05, 0.1) is 11.3 Å². The van der Waals surface area contributed by atoms with Crippen LogP contribution in [0.25, 0.3) is 11.5 Å². The van der Waals surface area contributed by atoms with Crippen molar-refractivity contribution in [2.24, 2.45) is 0 Å². The molecule has 0 unspecified atom stereocenters. The lowest BCUT2D eigenvalue weighted by molar-refractivity contribution is 0.304. The number of fused-ring (bicyclic) bond motifs is 2. The first kappa shape index (κ1) is 10.0. The Kier molecular flexibility index (Phi) is 1.88. The first-order valence-electron chi connectivity index (χ1n) is 4.38. The summed E-state index contributed by atoms with van der Waals surface area (Å²) in [5, 5.41) is 38.1. The van der Waals surface area contributed by atoms with Crippen LogP contribution in [0, 0.1) is 0 Å². The summed E-state index contributed by atoms with van der Waals surface area (Å²) in [5.74, 6) is -2.99. The molecule has 0 spiro atoms. The van der Waals surface area contributed by atoms with E-state index in [4.69, 9.17) is 11.5 Å². The molecule has 6 nitrogen and oxygen atoms in total. The normalized spacial score (nSPS) is 15.2. The molecule has 0 aromatic heterocycles. The van der Waals surface area contributed by atoms with Gasteiger partial charge in [-0.05, 0) is 12.1 Å². The Morgan fingerprint density at radius 1 is 0.750 bits per heavy atom. The zero-order valence-corrected chi connectivity index (χ0v) is 8.10. The molecule has 0 amide bonds. The average molecular weight is 222 g/mol. The number of hydrogen-bond donors (Lipinski definition) is 6. The van der Waals surface area contributed by atoms with Crippen LogP contribution in [0.1, 0.15) is 11.1 Å². The van der Waals surface area contributed by atoms with E-state index in [-0.39, 0.29) is 22.5 Å². The van der Waals surface area contributed by atoms with Crippen molar-refractivity contribution >= 4 is 22.9 Å². The van der Waals surface area contributed by atoms with Crippen LogP contribution >= 0.6 is 0 Å². The van der Waals surface area contributed by atoms with Crippen molar-refractivity contribution in [1.82, 2.24) is 0 Å². The van der Waals surface area contributed by atoms with E-state index >= 15 is 0 Å². The number of anilines is 2. The largest absolute Gasteiger partial charge is 0.504 e. The second-order valence-electron chi connectivity index (χ2n) is 3.39. The summed E-state index contributed by atoms with van der Waals surface area (Å²) in [6.45, 7) is 0. The topological polar surface area (TPSA) is 133 Å². The third-order valence-corrected chi connectivity index (χ3v) is 2.44. The summed E-state index contributed by atoms with van der Waals surface area (Å²) >= 11 is 0. The maximum absolute atomic E-state index is 9.64. The van der Waals surface area contributed by atoms with Crippen molar-refractivity contribution in [3.05, 3.63) is 34.8 Å². The SMILES string of the molecule is Nc1ccc2c(N)c1C(O)=C(O)C(O)=C2O. The number of hydrogen-bond acceptors (Lipinski definition) is 6. The van der Waals surface area contributed by atoms with Crippen LogP contribution in [0.15, 0.2) is 23.7 Å². The fourth-order valence-electron chi connectivity index (χ4n) is 1.58. The van der Waals surface area contributed by atoms with Crippen molar-refractivity contribution in [3.63, 3.8) is 0 Å². The van der Waals surface area contributed by atoms with E-state index in [2.05, 4.69) is 0 Å². The van der Waals surface area contributed by atoms with Gasteiger partial charge in [0.15, 0.2) is 11.5 Å². The van der Waals surface area contributed by atoms with Crippen LogP contribution in [-0.4, -0.2) is 20.4 Å². The van der Waals surface area contributed by atoms with Gasteiger partial charge in [0, 0.05) is 11.3 Å². The van der Waals surface area contributed by atoms with E-state index in [0.717, 1.165) is 0 Å². The molecular weight excluding hydrogens is 212 g/mol. The van der Waals surface area contributed by atoms with Crippen molar-refractivity contribution < 1.29 is 20.4 Å². The van der Waals surface area contributed by atoms with Crippen LogP contribution < -0.4 is 11.5 Å². The number of aliphatic hydroxyl groups excluding tert-OH is 4. The first-order chi connectivity index (χ1) is 7.45. The van der Waals surface area contributed by atoms with Gasteiger partial charge in [-0.3, -0.25) is 0 Å². The standard InChI is InChI=1S/C10H10N2O4/c11-4-2-1-3-6(12)5(4)8(14)10(16)9(15)7(3)13/h1-2,13-16H,11-12H2. The fourth-order valence-corrected chi connectivity index (χ4v) is 1.58. The molecule has 6 heteroatoms. The maximum Gasteiger partial charge on any atom is 0.205 e. The van der Waals surface area contributed by atoms with E-state index in [1.165, 1.54) is 12.1 Å². The molecule has 0 fully saturated rings. The van der Waals surface area contributed by atoms with E-state index in [0.29, 0.717) is 0 Å². The molecule has 0 aliphatic heterocycles. The Morgan fingerprint density at radius 3 is 1.94 bits per heavy atom. The first-order valence-corrected chi connectivity index (χ1v) is 4.38. The highest BCUT2D eigenvalue weighted by Crippen LogP contribution is 2.38. The van der Waals surface area contributed by atoms with E-state index in [1.54, 1.807) is 0 Å². The lowest BCUT2D eigenvalue weighted by Gasteiger charge is -2.09. The van der Waals surface area contributed by atoms with E-state index in [1.807, 2.05) is 0 Å². The molecule has 1 aliphatic rings. The van der Waals surface area contributed by atoms with Crippen LogP contribution in [0.4, 0.5) is 11.4 Å². The smallest absolute Gasteiger partial charge is 0.205 e. The summed E-state index contributed by atoms with van der Waals surface area (Å²) in [6.07, 6.45) is 0. The van der Waals surface area contributed by atoms with Gasteiger partial charge in [0.2, 0.25) is 11.5 Å². The Balaban J connectivity index is 2.94. The summed E-state index contributed by atoms with van der Waals surface area (Å²) < 4.78 is 0. The van der Waals surface area contributed by atoms with Crippen LogP contribution in [0.3, 0.4) is 0 Å². The maximum atomic E-state index is 9.64. The predicted molar refractivity (Wildman–Crippen MR) is 59.6 cm³/mol. The van der Waals surface area contributed by atoms with Crippen LogP contribution in [-0.2, 0) is 0 Å². The summed E-state index contributed by atoms with van der Waals surface area (Å²) in [6, 6.07) is 2.78. The number of benzene rings is 1. The third kappa shape index (κ3) is 1.07. The van der Waals surface area contributed by atoms with Gasteiger partial charge in [-0.2, -0.15) is 0 Å². The summed E-state index contributed by atoms with van der Waals surface area (Å²) in [7, 11) is 0. The Bertz CT molecular complexity index is 546. The lowest BCUT2D eigenvalue weighted by atomic mass is 10.0. The third-order valence-electron chi connectivity index (χ3n) is 2.44. The highest BCUT2D eigenvalue weighted by Gasteiger charge is 2.26. The molecule has 2 rings (SSSR count). The number of rotatable bonds is 0. The average Bonchev–Trinajstić information content (AvgIpc) is 2.28. The Hall–Kier alpha value is -2.50. The molecule has 0 atom stereocenters. The second kappa shape index (κ2) is 2.99. The molecule has 1 aliphatic carbocycles. The molecule has 0 heterocycles. The van der Waals surface area contributed by atoms with Crippen molar-refractivity contribution in [1.29, 1.82) is 0 Å². The van der Waals surface area contributed by atoms with Crippen LogP contribution in [0.2, 0.25) is 0 Å². The highest BCUT2D eigenvalue weighted by molar-refractivity contribution is 5.91. The minimum absolute atomic E-state index is 0.00870. The molecule has 8 N–H and O–H groups in total. The van der Waals surface area contributed by atoms with Gasteiger partial charge in [0.1, 0.15) is 0 Å². The van der Waals surface area contributed by atoms with Gasteiger partial charge >= 0.3 is 0 Å². The highest BCUT2D eigenvalue weighted by atomic mass is 16.3. The van der Waals surface area contributed by atoms with Gasteiger partial charge < -0.3 is 31.9 Å². The lowest BCUT2D eigenvalue weighted by Crippen LogP contribution is -2.02. The Labute approximate surface area is 90.4 Å². The van der Waals surface area contributed by atoms with Crippen molar-refractivity contribution in [2.45, 2.75) is 0 Å². The minimum Gasteiger partial charge on any atom is -0.504 e. The summed E-state index contributed by atoms with van der Waals surface area (Å²) in [5.41, 5.74) is 11.5. The van der Waals surface area contributed by atoms with Gasteiger partial charge in [0.25, 0.3) is 0 Å². The summed E-state index contributed by atoms with van der Waals surface area (Å²) in [4.78, 5) is 0. The molecule has 0 saturated carbocycles. The molecule has 2 bridgehead atoms. The Morgan fingerprint density at radius 2 is 1.31 bits per heavy atom. The van der Waals surface area contributed by atoms with Crippen molar-refractivity contribution in [3.8, 4) is 0 Å². The number of nitrogens with two attached hydrogens (primary N) is 2. The molecule has 1 aromatic carbocycles. The van der Waals surface area contributed by atoms with Gasteiger partial charge in [-0.25, -0.2) is 0 Å². The number of nitrogen functional groups attached to an aromatic ring is 2. The zero-order chi connectivity index (χ0) is 12.0. The monoisotopic (exact) mass is 222 g/mol.